The van der Waals surface area contributed by atoms with Gasteiger partial charge in [0.1, 0.15) is 0 Å². The molecule has 7 heteroatoms. The molecule has 1 aliphatic heterocycles. The van der Waals surface area contributed by atoms with Gasteiger partial charge in [-0.1, -0.05) is 0 Å². The molecule has 1 rings (SSSR count). The van der Waals surface area contributed by atoms with E-state index in [1.165, 1.54) is 0 Å². The average Bonchev–Trinajstić information content (AvgIpc) is 2.64. The van der Waals surface area contributed by atoms with Crippen molar-refractivity contribution in [1.82, 2.24) is 10.6 Å². The van der Waals surface area contributed by atoms with Gasteiger partial charge in [0.05, 0.1) is 17.5 Å². The number of amides is 1. The number of methoxy groups -OCH3 is 1. The maximum absolute atomic E-state index is 11.5. The quantitative estimate of drug-likeness (QED) is 0.574. The first kappa shape index (κ1) is 15.4. The van der Waals surface area contributed by atoms with Crippen molar-refractivity contribution in [3.63, 3.8) is 0 Å². The lowest BCUT2D eigenvalue weighted by Crippen LogP contribution is -2.38. The Kier molecular flexibility index (Phi) is 6.59. The van der Waals surface area contributed by atoms with Crippen LogP contribution in [0.15, 0.2) is 0 Å². The summed E-state index contributed by atoms with van der Waals surface area (Å²) in [7, 11) is -1.30. The average molecular weight is 278 g/mol. The van der Waals surface area contributed by atoms with Crippen LogP contribution in [-0.2, 0) is 19.4 Å². The SMILES string of the molecule is COCCCNC(=O)CNCC1CCCS1(=O)=O. The normalized spacial score (nSPS) is 21.9. The minimum atomic E-state index is -2.92. The number of sulfone groups is 1. The molecule has 6 nitrogen and oxygen atoms in total. The van der Waals surface area contributed by atoms with E-state index in [1.54, 1.807) is 7.11 Å². The molecule has 1 heterocycles. The van der Waals surface area contributed by atoms with Crippen LogP contribution in [0, 0.1) is 0 Å². The molecule has 106 valence electrons. The van der Waals surface area contributed by atoms with E-state index in [-0.39, 0.29) is 23.5 Å². The van der Waals surface area contributed by atoms with Crippen molar-refractivity contribution >= 4 is 15.7 Å². The van der Waals surface area contributed by atoms with E-state index in [4.69, 9.17) is 4.74 Å². The molecule has 0 aromatic carbocycles. The Morgan fingerprint density at radius 2 is 2.22 bits per heavy atom. The van der Waals surface area contributed by atoms with E-state index in [2.05, 4.69) is 10.6 Å². The third kappa shape index (κ3) is 5.32. The molecular weight excluding hydrogens is 256 g/mol. The van der Waals surface area contributed by atoms with Crippen molar-refractivity contribution in [3.8, 4) is 0 Å². The van der Waals surface area contributed by atoms with Crippen molar-refractivity contribution in [2.45, 2.75) is 24.5 Å². The number of nitrogens with one attached hydrogen (secondary N) is 2. The molecular formula is C11H22N2O4S. The summed E-state index contributed by atoms with van der Waals surface area (Å²) >= 11 is 0. The van der Waals surface area contributed by atoms with Gasteiger partial charge in [0.2, 0.25) is 5.91 Å². The smallest absolute Gasteiger partial charge is 0.233 e. The Balaban J connectivity index is 2.08. The van der Waals surface area contributed by atoms with Gasteiger partial charge in [-0.3, -0.25) is 4.79 Å². The standard InChI is InChI=1S/C11H22N2O4S/c1-17-6-3-5-13-11(14)9-12-8-10-4-2-7-18(10,15)16/h10,12H,2-9H2,1H3,(H,13,14). The highest BCUT2D eigenvalue weighted by Gasteiger charge is 2.30. The fourth-order valence-electron chi connectivity index (χ4n) is 1.94. The van der Waals surface area contributed by atoms with E-state index in [0.717, 1.165) is 12.8 Å². The van der Waals surface area contributed by atoms with Crippen LogP contribution in [0.25, 0.3) is 0 Å². The van der Waals surface area contributed by atoms with Gasteiger partial charge in [-0.05, 0) is 19.3 Å². The predicted molar refractivity (Wildman–Crippen MR) is 69.2 cm³/mol. The molecule has 0 bridgehead atoms. The second kappa shape index (κ2) is 7.70. The number of ether oxygens (including phenoxy) is 1. The van der Waals surface area contributed by atoms with Gasteiger partial charge in [-0.15, -0.1) is 0 Å². The van der Waals surface area contributed by atoms with Gasteiger partial charge < -0.3 is 15.4 Å². The first-order valence-electron chi connectivity index (χ1n) is 6.24. The van der Waals surface area contributed by atoms with E-state index in [9.17, 15) is 13.2 Å². The lowest BCUT2D eigenvalue weighted by atomic mass is 10.2. The molecule has 0 spiro atoms. The zero-order valence-corrected chi connectivity index (χ0v) is 11.6. The number of carbonyl (C=O) groups is 1. The zero-order valence-electron chi connectivity index (χ0n) is 10.8. The minimum Gasteiger partial charge on any atom is -0.385 e. The van der Waals surface area contributed by atoms with E-state index in [1.807, 2.05) is 0 Å². The molecule has 1 atom stereocenters. The van der Waals surface area contributed by atoms with Crippen LogP contribution in [0.3, 0.4) is 0 Å². The molecule has 0 aromatic heterocycles. The summed E-state index contributed by atoms with van der Waals surface area (Å²) in [6, 6.07) is 0. The Morgan fingerprint density at radius 3 is 2.83 bits per heavy atom. The van der Waals surface area contributed by atoms with Crippen LogP contribution < -0.4 is 10.6 Å². The highest BCUT2D eigenvalue weighted by molar-refractivity contribution is 7.92. The first-order valence-corrected chi connectivity index (χ1v) is 7.95. The van der Waals surface area contributed by atoms with Crippen molar-refractivity contribution in [2.75, 3.05) is 39.1 Å². The Bertz CT molecular complexity index is 356. The number of carbonyl (C=O) groups excluding carboxylic acids is 1. The Labute approximate surface area is 108 Å². The van der Waals surface area contributed by atoms with Gasteiger partial charge in [-0.2, -0.15) is 0 Å². The van der Waals surface area contributed by atoms with Crippen molar-refractivity contribution in [3.05, 3.63) is 0 Å². The maximum atomic E-state index is 11.5. The van der Waals surface area contributed by atoms with Gasteiger partial charge in [0, 0.05) is 26.8 Å². The topological polar surface area (TPSA) is 84.5 Å². The summed E-state index contributed by atoms with van der Waals surface area (Å²) in [5.41, 5.74) is 0. The van der Waals surface area contributed by atoms with E-state index in [0.29, 0.717) is 26.1 Å². The largest absolute Gasteiger partial charge is 0.385 e. The molecule has 1 fully saturated rings. The molecule has 1 saturated heterocycles. The summed E-state index contributed by atoms with van der Waals surface area (Å²) in [4.78, 5) is 11.4. The second-order valence-corrected chi connectivity index (χ2v) is 6.86. The van der Waals surface area contributed by atoms with Crippen LogP contribution in [0.5, 0.6) is 0 Å². The predicted octanol–water partition coefficient (Wildman–Crippen LogP) is -0.694. The monoisotopic (exact) mass is 278 g/mol. The van der Waals surface area contributed by atoms with Gasteiger partial charge in [0.15, 0.2) is 9.84 Å². The fourth-order valence-corrected chi connectivity index (χ4v) is 3.74. The van der Waals surface area contributed by atoms with Gasteiger partial charge >= 0.3 is 0 Å². The van der Waals surface area contributed by atoms with E-state index >= 15 is 0 Å². The van der Waals surface area contributed by atoms with Crippen LogP contribution in [0.2, 0.25) is 0 Å². The van der Waals surface area contributed by atoms with Crippen LogP contribution in [0.1, 0.15) is 19.3 Å². The molecule has 0 aliphatic carbocycles. The molecule has 1 amide bonds. The molecule has 2 N–H and O–H groups in total. The highest BCUT2D eigenvalue weighted by Crippen LogP contribution is 2.18. The van der Waals surface area contributed by atoms with Crippen LogP contribution >= 0.6 is 0 Å². The number of rotatable bonds is 8. The molecule has 18 heavy (non-hydrogen) atoms. The summed E-state index contributed by atoms with van der Waals surface area (Å²) in [5, 5.41) is 5.31. The lowest BCUT2D eigenvalue weighted by molar-refractivity contribution is -0.120. The Hall–Kier alpha value is -0.660. The maximum Gasteiger partial charge on any atom is 0.233 e. The third-order valence-corrected chi connectivity index (χ3v) is 5.24. The molecule has 1 aliphatic rings. The Morgan fingerprint density at radius 1 is 1.44 bits per heavy atom. The second-order valence-electron chi connectivity index (χ2n) is 4.46. The van der Waals surface area contributed by atoms with Gasteiger partial charge in [0.25, 0.3) is 0 Å². The van der Waals surface area contributed by atoms with Crippen LogP contribution in [-0.4, -0.2) is 58.7 Å². The number of hydrogen-bond acceptors (Lipinski definition) is 5. The summed E-state index contributed by atoms with van der Waals surface area (Å²) in [6.45, 7) is 1.73. The van der Waals surface area contributed by atoms with Crippen molar-refractivity contribution in [2.24, 2.45) is 0 Å². The summed E-state index contributed by atoms with van der Waals surface area (Å²) < 4.78 is 27.9. The number of hydrogen-bond donors (Lipinski definition) is 2. The zero-order chi connectivity index (χ0) is 13.4. The summed E-state index contributed by atoms with van der Waals surface area (Å²) in [5.74, 6) is 0.171. The molecule has 0 radical (unpaired) electrons. The molecule has 1 unspecified atom stereocenters. The molecule has 0 saturated carbocycles. The highest BCUT2D eigenvalue weighted by atomic mass is 32.2. The summed E-state index contributed by atoms with van der Waals surface area (Å²) in [6.07, 6.45) is 2.21. The van der Waals surface area contributed by atoms with Gasteiger partial charge in [-0.25, -0.2) is 8.42 Å². The van der Waals surface area contributed by atoms with Crippen molar-refractivity contribution in [1.29, 1.82) is 0 Å². The fraction of sp³-hybridized carbons (Fsp3) is 0.909. The minimum absolute atomic E-state index is 0.110. The first-order chi connectivity index (χ1) is 8.56. The third-order valence-electron chi connectivity index (χ3n) is 2.97. The van der Waals surface area contributed by atoms with Crippen LogP contribution in [0.4, 0.5) is 0 Å². The van der Waals surface area contributed by atoms with E-state index < -0.39 is 9.84 Å². The van der Waals surface area contributed by atoms with Crippen molar-refractivity contribution < 1.29 is 17.9 Å². The lowest BCUT2D eigenvalue weighted by Gasteiger charge is -2.10. The molecule has 0 aromatic rings.